The van der Waals surface area contributed by atoms with Crippen LogP contribution in [0, 0.1) is 11.3 Å². The first-order valence-electron chi connectivity index (χ1n) is 31.3. The van der Waals surface area contributed by atoms with Gasteiger partial charge >= 0.3 is 11.9 Å². The second-order valence-electron chi connectivity index (χ2n) is 22.4. The van der Waals surface area contributed by atoms with Crippen LogP contribution in [-0.2, 0) is 19.1 Å². The maximum absolute atomic E-state index is 12.5. The van der Waals surface area contributed by atoms with Gasteiger partial charge in [0.2, 0.25) is 0 Å². The van der Waals surface area contributed by atoms with Crippen LogP contribution in [0.15, 0.2) is 12.2 Å². The molecule has 0 radical (unpaired) electrons. The average Bonchev–Trinajstić information content (AvgIpc) is 3.41. The molecule has 6 nitrogen and oxygen atoms in total. The first-order valence-corrected chi connectivity index (χ1v) is 31.3. The molecule has 1 aliphatic rings. The van der Waals surface area contributed by atoms with E-state index in [1.807, 2.05) is 0 Å². The van der Waals surface area contributed by atoms with Crippen LogP contribution in [0.2, 0.25) is 0 Å². The zero-order chi connectivity index (χ0) is 49.7. The van der Waals surface area contributed by atoms with Crippen molar-refractivity contribution in [3.8, 4) is 0 Å². The van der Waals surface area contributed by atoms with Crippen molar-refractivity contribution in [2.45, 2.75) is 341 Å². The number of ether oxygens (including phenoxy) is 2. The first kappa shape index (κ1) is 65.6. The number of carbonyl (C=O) groups is 2. The maximum Gasteiger partial charge on any atom is 0.309 e. The molecule has 1 unspecified atom stereocenters. The van der Waals surface area contributed by atoms with Gasteiger partial charge in [-0.1, -0.05) is 314 Å². The highest BCUT2D eigenvalue weighted by molar-refractivity contribution is 5.80. The molecular formula is C63H120O6. The van der Waals surface area contributed by atoms with Gasteiger partial charge in [0.25, 0.3) is 0 Å². The Hall–Kier alpha value is -1.40. The maximum atomic E-state index is 12.5. The lowest BCUT2D eigenvalue weighted by molar-refractivity contribution is -0.155. The first-order chi connectivity index (χ1) is 34.1. The molecule has 0 aromatic rings. The third-order valence-corrected chi connectivity index (χ3v) is 15.5. The molecule has 1 fully saturated rings. The van der Waals surface area contributed by atoms with Crippen LogP contribution in [0.25, 0.3) is 0 Å². The number of aliphatic hydroxyl groups excluding tert-OH is 2. The van der Waals surface area contributed by atoms with Crippen molar-refractivity contribution < 1.29 is 29.3 Å². The molecule has 0 saturated carbocycles. The molecule has 6 heteroatoms. The molecule has 1 heterocycles. The van der Waals surface area contributed by atoms with Gasteiger partial charge in [-0.2, -0.15) is 0 Å². The molecule has 408 valence electrons. The van der Waals surface area contributed by atoms with Crippen LogP contribution in [0.3, 0.4) is 0 Å². The largest absolute Gasteiger partial charge is 0.465 e. The van der Waals surface area contributed by atoms with E-state index >= 15 is 0 Å². The number of unbranched alkanes of at least 4 members (excludes halogenated alkanes) is 48. The second-order valence-corrected chi connectivity index (χ2v) is 22.4. The van der Waals surface area contributed by atoms with E-state index in [4.69, 9.17) is 9.47 Å². The van der Waals surface area contributed by atoms with E-state index in [9.17, 15) is 19.8 Å². The standard InChI is InChI=1S/C63H120O6/c1-2-3-4-5-6-7-8-9-10-11-12-13-14-15-16-17-18-19-20-21-22-23-24-25-26-27-28-29-30-31-32-33-34-35-36-37-38-39-40-41-42-43-44-45-46-47-48-49-50-51-52-53-54-60-55-61(66)68-58-63(56-64,57-65)59-69-62(60)67/h16-17,60,64-65H,2-15,18-59H2,1H3/b17-16+. The SMILES string of the molecule is CCCCCCCCCCCCCCC/C=C/CCCCCCCCCCCCCCCCCCCCCCCCCCCCCCCCCCCCCC1CC(=O)OCC(CO)(CO)COC1=O. The number of hydrogen-bond donors (Lipinski definition) is 2. The average molecular weight is 974 g/mol. The van der Waals surface area contributed by atoms with Crippen LogP contribution in [0.5, 0.6) is 0 Å². The van der Waals surface area contributed by atoms with Crippen molar-refractivity contribution in [3.63, 3.8) is 0 Å². The molecule has 0 bridgehead atoms. The van der Waals surface area contributed by atoms with E-state index in [0.29, 0.717) is 6.42 Å². The van der Waals surface area contributed by atoms with E-state index in [0.717, 1.165) is 19.3 Å². The molecule has 0 aliphatic carbocycles. The Balaban J connectivity index is 1.68. The van der Waals surface area contributed by atoms with Crippen molar-refractivity contribution in [1.82, 2.24) is 0 Å². The normalized spacial score (nSPS) is 15.4. The van der Waals surface area contributed by atoms with Gasteiger partial charge in [0.1, 0.15) is 13.2 Å². The monoisotopic (exact) mass is 973 g/mol. The summed E-state index contributed by atoms with van der Waals surface area (Å²) in [6, 6.07) is 0. The summed E-state index contributed by atoms with van der Waals surface area (Å²) in [6.45, 7) is 1.21. The molecule has 2 N–H and O–H groups in total. The van der Waals surface area contributed by atoms with Gasteiger partial charge in [-0.05, 0) is 32.1 Å². The molecule has 1 rings (SSSR count). The smallest absolute Gasteiger partial charge is 0.309 e. The Morgan fingerprint density at radius 1 is 0.377 bits per heavy atom. The third-order valence-electron chi connectivity index (χ3n) is 15.5. The lowest BCUT2D eigenvalue weighted by Crippen LogP contribution is -2.40. The number of allylic oxidation sites excluding steroid dienone is 2. The minimum Gasteiger partial charge on any atom is -0.465 e. The molecule has 0 aromatic heterocycles. The molecule has 1 atom stereocenters. The zero-order valence-corrected chi connectivity index (χ0v) is 46.4. The van der Waals surface area contributed by atoms with E-state index in [-0.39, 0.29) is 19.6 Å². The number of rotatable bonds is 54. The fourth-order valence-electron chi connectivity index (χ4n) is 10.4. The number of carbonyl (C=O) groups excluding carboxylic acids is 2. The predicted octanol–water partition coefficient (Wildman–Crippen LogP) is 19.5. The van der Waals surface area contributed by atoms with Crippen molar-refractivity contribution in [1.29, 1.82) is 0 Å². The fraction of sp³-hybridized carbons (Fsp3) is 0.937. The molecule has 1 saturated heterocycles. The minimum absolute atomic E-state index is 0.00496. The summed E-state index contributed by atoms with van der Waals surface area (Å²) >= 11 is 0. The van der Waals surface area contributed by atoms with Gasteiger partial charge in [0, 0.05) is 0 Å². The van der Waals surface area contributed by atoms with Crippen molar-refractivity contribution in [2.24, 2.45) is 11.3 Å². The molecule has 1 aliphatic heterocycles. The van der Waals surface area contributed by atoms with Crippen LogP contribution >= 0.6 is 0 Å². The van der Waals surface area contributed by atoms with E-state index in [1.54, 1.807) is 0 Å². The summed E-state index contributed by atoms with van der Waals surface area (Å²) in [4.78, 5) is 24.7. The predicted molar refractivity (Wildman–Crippen MR) is 297 cm³/mol. The lowest BCUT2D eigenvalue weighted by Gasteiger charge is -2.27. The van der Waals surface area contributed by atoms with Crippen LogP contribution < -0.4 is 0 Å². The second kappa shape index (κ2) is 52.9. The van der Waals surface area contributed by atoms with E-state index in [2.05, 4.69) is 19.1 Å². The van der Waals surface area contributed by atoms with Gasteiger partial charge in [0.05, 0.1) is 31.0 Å². The molecule has 0 amide bonds. The fourth-order valence-corrected chi connectivity index (χ4v) is 10.4. The molecule has 0 spiro atoms. The van der Waals surface area contributed by atoms with E-state index < -0.39 is 36.5 Å². The molecule has 0 aromatic carbocycles. The number of hydrogen-bond acceptors (Lipinski definition) is 6. The van der Waals surface area contributed by atoms with Gasteiger partial charge in [-0.25, -0.2) is 0 Å². The van der Waals surface area contributed by atoms with Gasteiger partial charge in [-0.3, -0.25) is 9.59 Å². The Kier molecular flexibility index (Phi) is 50.3. The summed E-state index contributed by atoms with van der Waals surface area (Å²) in [5, 5.41) is 19.2. The highest BCUT2D eigenvalue weighted by atomic mass is 16.6. The summed E-state index contributed by atoms with van der Waals surface area (Å²) in [5.74, 6) is -1.40. The quantitative estimate of drug-likeness (QED) is 0.0358. The van der Waals surface area contributed by atoms with Crippen LogP contribution in [-0.4, -0.2) is 48.6 Å². The van der Waals surface area contributed by atoms with Crippen molar-refractivity contribution in [3.05, 3.63) is 12.2 Å². The van der Waals surface area contributed by atoms with Crippen molar-refractivity contribution >= 4 is 11.9 Å². The van der Waals surface area contributed by atoms with Crippen molar-refractivity contribution in [2.75, 3.05) is 26.4 Å². The molecular weight excluding hydrogens is 853 g/mol. The summed E-state index contributed by atoms with van der Waals surface area (Å²) in [7, 11) is 0. The number of cyclic esters (lactones) is 2. The van der Waals surface area contributed by atoms with Crippen LogP contribution in [0.4, 0.5) is 0 Å². The third kappa shape index (κ3) is 45.0. The zero-order valence-electron chi connectivity index (χ0n) is 46.4. The van der Waals surface area contributed by atoms with Gasteiger partial charge in [0.15, 0.2) is 0 Å². The number of esters is 2. The summed E-state index contributed by atoms with van der Waals surface area (Å²) in [5.41, 5.74) is -1.12. The Morgan fingerprint density at radius 3 is 0.899 bits per heavy atom. The summed E-state index contributed by atoms with van der Waals surface area (Å²) < 4.78 is 10.6. The van der Waals surface area contributed by atoms with Gasteiger partial charge < -0.3 is 19.7 Å². The van der Waals surface area contributed by atoms with E-state index in [1.165, 1.54) is 302 Å². The highest BCUT2D eigenvalue weighted by Gasteiger charge is 2.36. The Morgan fingerprint density at radius 2 is 0.623 bits per heavy atom. The van der Waals surface area contributed by atoms with Gasteiger partial charge in [-0.15, -0.1) is 0 Å². The minimum atomic E-state index is -1.12. The summed E-state index contributed by atoms with van der Waals surface area (Å²) in [6.07, 6.45) is 75.7. The Labute approximate surface area is 430 Å². The molecule has 69 heavy (non-hydrogen) atoms. The Bertz CT molecular complexity index is 1090. The van der Waals surface area contributed by atoms with Crippen LogP contribution in [0.1, 0.15) is 341 Å². The topological polar surface area (TPSA) is 93.1 Å². The lowest BCUT2D eigenvalue weighted by atomic mass is 9.92. The number of aliphatic hydroxyl groups is 2. The highest BCUT2D eigenvalue weighted by Crippen LogP contribution is 2.25.